The minimum Gasteiger partial charge on any atom is -0.492 e. The molecule has 1 N–H and O–H groups in total. The van der Waals surface area contributed by atoms with E-state index in [0.29, 0.717) is 17.2 Å². The van der Waals surface area contributed by atoms with Crippen LogP contribution in [0.15, 0.2) is 54.7 Å². The normalized spacial score (nSPS) is 15.8. The maximum atomic E-state index is 14.6. The maximum Gasteiger partial charge on any atom is 0.158 e. The molecule has 6 heteroatoms. The lowest BCUT2D eigenvalue weighted by Gasteiger charge is -2.22. The van der Waals surface area contributed by atoms with Gasteiger partial charge in [-0.05, 0) is 79.8 Å². The third kappa shape index (κ3) is 5.91. The molecule has 33 heavy (non-hydrogen) atoms. The van der Waals surface area contributed by atoms with Gasteiger partial charge in [0.05, 0.1) is 6.61 Å². The fourth-order valence-corrected chi connectivity index (χ4v) is 4.15. The van der Waals surface area contributed by atoms with E-state index in [1.165, 1.54) is 6.07 Å². The second-order valence-corrected chi connectivity index (χ2v) is 8.59. The van der Waals surface area contributed by atoms with Gasteiger partial charge in [0.1, 0.15) is 18.1 Å². The molecule has 1 saturated heterocycles. The van der Waals surface area contributed by atoms with Crippen molar-refractivity contribution >= 4 is 11.6 Å². The van der Waals surface area contributed by atoms with Gasteiger partial charge < -0.3 is 9.84 Å². The molecule has 1 atom stereocenters. The van der Waals surface area contributed by atoms with Crippen molar-refractivity contribution in [3.63, 3.8) is 0 Å². The van der Waals surface area contributed by atoms with Crippen molar-refractivity contribution < 1.29 is 14.2 Å². The number of likely N-dealkylation sites (tertiary alicyclic amines) is 1. The van der Waals surface area contributed by atoms with Gasteiger partial charge >= 0.3 is 0 Å². The van der Waals surface area contributed by atoms with E-state index < -0.39 is 5.82 Å². The predicted molar refractivity (Wildman–Crippen MR) is 129 cm³/mol. The van der Waals surface area contributed by atoms with Crippen LogP contribution < -0.4 is 4.74 Å². The van der Waals surface area contributed by atoms with Crippen LogP contribution in [0.1, 0.15) is 29.7 Å². The van der Waals surface area contributed by atoms with Crippen LogP contribution in [0, 0.1) is 24.6 Å². The molecule has 170 valence electrons. The molecule has 0 aliphatic carbocycles. The molecule has 0 saturated carbocycles. The summed E-state index contributed by atoms with van der Waals surface area (Å²) < 4.78 is 20.5. The summed E-state index contributed by atoms with van der Waals surface area (Å²) in [7, 11) is 0. The fourth-order valence-electron chi connectivity index (χ4n) is 4.02. The number of hydrogen-bond donors (Lipinski definition) is 1. The Morgan fingerprint density at radius 3 is 2.70 bits per heavy atom. The number of pyridine rings is 1. The summed E-state index contributed by atoms with van der Waals surface area (Å²) in [6, 6.07) is 14.5. The van der Waals surface area contributed by atoms with Gasteiger partial charge in [0.2, 0.25) is 0 Å². The van der Waals surface area contributed by atoms with Crippen molar-refractivity contribution in [3.05, 3.63) is 82.4 Å². The molecule has 1 fully saturated rings. The first-order valence-electron chi connectivity index (χ1n) is 11.1. The van der Waals surface area contributed by atoms with Gasteiger partial charge in [-0.15, -0.1) is 0 Å². The number of ether oxygens (including phenoxy) is 1. The molecule has 0 bridgehead atoms. The molecule has 0 radical (unpaired) electrons. The number of rotatable bonds is 6. The largest absolute Gasteiger partial charge is 0.492 e. The molecule has 0 unspecified atom stereocenters. The second kappa shape index (κ2) is 10.8. The van der Waals surface area contributed by atoms with Gasteiger partial charge in [0, 0.05) is 34.9 Å². The zero-order valence-corrected chi connectivity index (χ0v) is 19.3. The highest BCUT2D eigenvalue weighted by atomic mass is 35.5. The van der Waals surface area contributed by atoms with Gasteiger partial charge in [-0.25, -0.2) is 9.37 Å². The van der Waals surface area contributed by atoms with Crippen molar-refractivity contribution in [1.82, 2.24) is 9.88 Å². The number of hydrogen-bond acceptors (Lipinski definition) is 4. The lowest BCUT2D eigenvalue weighted by molar-refractivity contribution is 0.139. The highest BCUT2D eigenvalue weighted by Gasteiger charge is 2.23. The minimum absolute atomic E-state index is 0.106. The molecule has 2 heterocycles. The maximum absolute atomic E-state index is 14.6. The van der Waals surface area contributed by atoms with E-state index in [4.69, 9.17) is 16.3 Å². The Morgan fingerprint density at radius 2 is 1.97 bits per heavy atom. The summed E-state index contributed by atoms with van der Waals surface area (Å²) in [5, 5.41) is 10.1. The molecule has 0 amide bonds. The second-order valence-electron chi connectivity index (χ2n) is 8.15. The van der Waals surface area contributed by atoms with Gasteiger partial charge in [0.25, 0.3) is 0 Å². The number of benzene rings is 2. The third-order valence-electron chi connectivity index (χ3n) is 5.86. The zero-order chi connectivity index (χ0) is 23.2. The van der Waals surface area contributed by atoms with Gasteiger partial charge in [-0.1, -0.05) is 29.7 Å². The molecule has 3 aromatic rings. The first-order chi connectivity index (χ1) is 16.0. The van der Waals surface area contributed by atoms with E-state index in [0.717, 1.165) is 48.4 Å². The Hall–Kier alpha value is -2.91. The Morgan fingerprint density at radius 1 is 1.15 bits per heavy atom. The van der Waals surface area contributed by atoms with E-state index in [2.05, 4.69) is 21.7 Å². The number of aromatic nitrogens is 1. The Labute approximate surface area is 199 Å². The molecule has 1 aliphatic heterocycles. The number of nitrogens with zero attached hydrogens (tertiary/aromatic N) is 2. The summed E-state index contributed by atoms with van der Waals surface area (Å²) >= 11 is 5.91. The molecule has 4 nitrogen and oxygen atoms in total. The summed E-state index contributed by atoms with van der Waals surface area (Å²) in [4.78, 5) is 6.47. The van der Waals surface area contributed by atoms with Crippen LogP contribution >= 0.6 is 11.6 Å². The third-order valence-corrected chi connectivity index (χ3v) is 6.12. The summed E-state index contributed by atoms with van der Waals surface area (Å²) in [6.07, 6.45) is 3.78. The minimum atomic E-state index is -0.463. The van der Waals surface area contributed by atoms with Crippen molar-refractivity contribution in [1.29, 1.82) is 0 Å². The smallest absolute Gasteiger partial charge is 0.158 e. The zero-order valence-electron chi connectivity index (χ0n) is 18.5. The highest BCUT2D eigenvalue weighted by Crippen LogP contribution is 2.23. The average molecular weight is 465 g/mol. The Bertz CT molecular complexity index is 1170. The van der Waals surface area contributed by atoms with Crippen LogP contribution in [0.2, 0.25) is 5.02 Å². The van der Waals surface area contributed by atoms with E-state index in [1.54, 1.807) is 18.3 Å². The molecule has 2 aromatic carbocycles. The number of aliphatic hydroxyl groups is 1. The fraction of sp³-hybridized carbons (Fsp3) is 0.296. The lowest BCUT2D eigenvalue weighted by atomic mass is 10.1. The highest BCUT2D eigenvalue weighted by molar-refractivity contribution is 6.30. The molecule has 4 rings (SSSR count). The van der Waals surface area contributed by atoms with Crippen LogP contribution in [0.25, 0.3) is 11.1 Å². The lowest BCUT2D eigenvalue weighted by Crippen LogP contribution is -2.35. The molecule has 0 spiro atoms. The van der Waals surface area contributed by atoms with Crippen LogP contribution in [0.3, 0.4) is 0 Å². The average Bonchev–Trinajstić information content (AvgIpc) is 3.27. The monoisotopic (exact) mass is 464 g/mol. The summed E-state index contributed by atoms with van der Waals surface area (Å²) in [6.45, 7) is 4.53. The van der Waals surface area contributed by atoms with Crippen LogP contribution in [0.4, 0.5) is 4.39 Å². The summed E-state index contributed by atoms with van der Waals surface area (Å²) in [5.74, 6) is 6.16. The molecular weight excluding hydrogens is 439 g/mol. The van der Waals surface area contributed by atoms with Gasteiger partial charge in [0.15, 0.2) is 5.82 Å². The van der Waals surface area contributed by atoms with Crippen molar-refractivity contribution in [2.75, 3.05) is 26.3 Å². The van der Waals surface area contributed by atoms with Crippen molar-refractivity contribution in [3.8, 4) is 28.7 Å². The number of halogens is 2. The standard InChI is InChI=1S/C27H26ClFN2O2/c1-19-15-20(5-11-27(19)33-14-13-31-12-2-3-24(31)18-32)4-10-26-25(29)16-22(17-30-26)21-6-8-23(28)9-7-21/h5-9,11,15-17,24,32H,2-3,12-14,18H2,1H3/t24-/m0/s1. The van der Waals surface area contributed by atoms with Crippen LogP contribution in [-0.4, -0.2) is 47.3 Å². The van der Waals surface area contributed by atoms with Crippen molar-refractivity contribution in [2.24, 2.45) is 0 Å². The van der Waals surface area contributed by atoms with E-state index in [9.17, 15) is 9.50 Å². The van der Waals surface area contributed by atoms with E-state index >= 15 is 0 Å². The van der Waals surface area contributed by atoms with Crippen molar-refractivity contribution in [2.45, 2.75) is 25.8 Å². The predicted octanol–water partition coefficient (Wildman–Crippen LogP) is 5.08. The Kier molecular flexibility index (Phi) is 7.61. The Balaban J connectivity index is 1.39. The van der Waals surface area contributed by atoms with Gasteiger partial charge in [-0.2, -0.15) is 0 Å². The number of aliphatic hydroxyl groups excluding tert-OH is 1. The van der Waals surface area contributed by atoms with Crippen LogP contribution in [0.5, 0.6) is 5.75 Å². The SMILES string of the molecule is Cc1cc(C#Cc2ncc(-c3ccc(Cl)cc3)cc2F)ccc1OCCN1CCC[C@H]1CO. The van der Waals surface area contributed by atoms with Gasteiger partial charge in [-0.3, -0.25) is 4.90 Å². The molecule has 1 aliphatic rings. The number of aryl methyl sites for hydroxylation is 1. The first kappa shape index (κ1) is 23.3. The van der Waals surface area contributed by atoms with Crippen LogP contribution in [-0.2, 0) is 0 Å². The van der Waals surface area contributed by atoms with E-state index in [-0.39, 0.29) is 18.3 Å². The first-order valence-corrected chi connectivity index (χ1v) is 11.4. The quantitative estimate of drug-likeness (QED) is 0.516. The molecule has 1 aromatic heterocycles. The van der Waals surface area contributed by atoms with E-state index in [1.807, 2.05) is 37.3 Å². The topological polar surface area (TPSA) is 45.6 Å². The molecular formula is C27H26ClFN2O2. The summed E-state index contributed by atoms with van der Waals surface area (Å²) in [5.41, 5.74) is 3.35.